The van der Waals surface area contributed by atoms with Gasteiger partial charge in [0.15, 0.2) is 5.82 Å². The van der Waals surface area contributed by atoms with Crippen molar-refractivity contribution >= 4 is 10.9 Å². The van der Waals surface area contributed by atoms with E-state index in [1.165, 1.54) is 23.9 Å². The summed E-state index contributed by atoms with van der Waals surface area (Å²) >= 11 is 0. The highest BCUT2D eigenvalue weighted by Gasteiger charge is 2.24. The molecule has 0 amide bonds. The zero-order valence-corrected chi connectivity index (χ0v) is 14.1. The average molecular weight is 317 g/mol. The Morgan fingerprint density at radius 1 is 1.00 bits per heavy atom. The van der Waals surface area contributed by atoms with Gasteiger partial charge in [-0.3, -0.25) is 0 Å². The van der Waals surface area contributed by atoms with E-state index < -0.39 is 0 Å². The Morgan fingerprint density at radius 3 is 2.58 bits per heavy atom. The molecule has 122 valence electrons. The van der Waals surface area contributed by atoms with Crippen LogP contribution in [0.2, 0.25) is 0 Å². The minimum Gasteiger partial charge on any atom is -0.316 e. The first kappa shape index (κ1) is 15.3. The number of benzene rings is 2. The number of nitrogens with zero attached hydrogens (tertiary/aromatic N) is 2. The number of rotatable bonds is 3. The van der Waals surface area contributed by atoms with Gasteiger partial charge in [0.1, 0.15) is 0 Å². The van der Waals surface area contributed by atoms with Gasteiger partial charge < -0.3 is 5.32 Å². The van der Waals surface area contributed by atoms with Crippen LogP contribution in [0, 0.1) is 5.92 Å². The highest BCUT2D eigenvalue weighted by molar-refractivity contribution is 5.83. The number of piperidine rings is 1. The number of hydrogen-bond acceptors (Lipinski definition) is 3. The summed E-state index contributed by atoms with van der Waals surface area (Å²) in [6.07, 6.45) is 2.52. The molecule has 0 aliphatic carbocycles. The molecule has 0 saturated carbocycles. The molecule has 1 aliphatic rings. The standard InChI is InChI=1S/C21H23N3/c1-15(17-10-7-13-22-14-17)20-18-11-5-6-12-19(18)23-21(24-20)16-8-3-2-4-9-16/h2-6,8-9,11-12,15,17,22H,7,10,13-14H2,1H3. The number of nitrogens with one attached hydrogen (secondary N) is 1. The van der Waals surface area contributed by atoms with Crippen LogP contribution in [0.1, 0.15) is 31.4 Å². The number of para-hydroxylation sites is 1. The maximum atomic E-state index is 5.01. The highest BCUT2D eigenvalue weighted by atomic mass is 14.9. The molecule has 2 heterocycles. The number of aromatic nitrogens is 2. The summed E-state index contributed by atoms with van der Waals surface area (Å²) in [6.45, 7) is 4.55. The van der Waals surface area contributed by atoms with Crippen LogP contribution in [-0.4, -0.2) is 23.1 Å². The molecule has 1 aliphatic heterocycles. The van der Waals surface area contributed by atoms with Crippen LogP contribution >= 0.6 is 0 Å². The van der Waals surface area contributed by atoms with E-state index in [1.54, 1.807) is 0 Å². The fraction of sp³-hybridized carbons (Fsp3) is 0.333. The lowest BCUT2D eigenvalue weighted by atomic mass is 9.84. The van der Waals surface area contributed by atoms with Crippen molar-refractivity contribution in [3.05, 3.63) is 60.3 Å². The van der Waals surface area contributed by atoms with E-state index in [4.69, 9.17) is 9.97 Å². The normalized spacial score (nSPS) is 19.3. The third kappa shape index (κ3) is 2.92. The van der Waals surface area contributed by atoms with E-state index in [0.29, 0.717) is 11.8 Å². The summed E-state index contributed by atoms with van der Waals surface area (Å²) < 4.78 is 0. The van der Waals surface area contributed by atoms with Gasteiger partial charge in [-0.25, -0.2) is 9.97 Å². The Bertz CT molecular complexity index is 823. The predicted molar refractivity (Wildman–Crippen MR) is 99.0 cm³/mol. The van der Waals surface area contributed by atoms with Crippen LogP contribution in [-0.2, 0) is 0 Å². The van der Waals surface area contributed by atoms with Gasteiger partial charge in [0.25, 0.3) is 0 Å². The SMILES string of the molecule is CC(c1nc(-c2ccccc2)nc2ccccc12)C1CCCNC1. The zero-order valence-electron chi connectivity index (χ0n) is 14.1. The van der Waals surface area contributed by atoms with Gasteiger partial charge in [-0.05, 0) is 37.9 Å². The van der Waals surface area contributed by atoms with Crippen molar-refractivity contribution in [2.75, 3.05) is 13.1 Å². The molecule has 0 bridgehead atoms. The number of fused-ring (bicyclic) bond motifs is 1. The lowest BCUT2D eigenvalue weighted by Gasteiger charge is -2.28. The molecule has 1 aromatic heterocycles. The van der Waals surface area contributed by atoms with Crippen molar-refractivity contribution in [3.63, 3.8) is 0 Å². The maximum absolute atomic E-state index is 5.01. The minimum absolute atomic E-state index is 0.424. The summed E-state index contributed by atoms with van der Waals surface area (Å²) in [5.74, 6) is 1.90. The molecular formula is C21H23N3. The van der Waals surface area contributed by atoms with E-state index in [1.807, 2.05) is 18.2 Å². The van der Waals surface area contributed by atoms with Crippen molar-refractivity contribution in [1.29, 1.82) is 0 Å². The summed E-state index contributed by atoms with van der Waals surface area (Å²) in [6, 6.07) is 18.7. The van der Waals surface area contributed by atoms with E-state index in [-0.39, 0.29) is 0 Å². The average Bonchev–Trinajstić information content (AvgIpc) is 2.68. The van der Waals surface area contributed by atoms with Gasteiger partial charge in [-0.2, -0.15) is 0 Å². The van der Waals surface area contributed by atoms with Gasteiger partial charge in [0.2, 0.25) is 0 Å². The minimum atomic E-state index is 0.424. The van der Waals surface area contributed by atoms with E-state index in [2.05, 4.69) is 48.6 Å². The molecule has 2 aromatic carbocycles. The summed E-state index contributed by atoms with van der Waals surface area (Å²) in [5.41, 5.74) is 3.31. The molecule has 1 N–H and O–H groups in total. The molecule has 0 radical (unpaired) electrons. The monoisotopic (exact) mass is 317 g/mol. The van der Waals surface area contributed by atoms with E-state index in [0.717, 1.165) is 30.0 Å². The van der Waals surface area contributed by atoms with Crippen molar-refractivity contribution in [1.82, 2.24) is 15.3 Å². The molecule has 24 heavy (non-hydrogen) atoms. The largest absolute Gasteiger partial charge is 0.316 e. The predicted octanol–water partition coefficient (Wildman–Crippen LogP) is 4.40. The van der Waals surface area contributed by atoms with Crippen LogP contribution < -0.4 is 5.32 Å². The fourth-order valence-electron chi connectivity index (χ4n) is 3.69. The molecule has 3 aromatic rings. The van der Waals surface area contributed by atoms with Crippen molar-refractivity contribution in [2.45, 2.75) is 25.7 Å². The first-order valence-electron chi connectivity index (χ1n) is 8.86. The molecule has 4 rings (SSSR count). The molecule has 0 spiro atoms. The highest BCUT2D eigenvalue weighted by Crippen LogP contribution is 2.33. The Hall–Kier alpha value is -2.26. The van der Waals surface area contributed by atoms with E-state index >= 15 is 0 Å². The molecular weight excluding hydrogens is 294 g/mol. The Labute approximate surface area is 143 Å². The summed E-state index contributed by atoms with van der Waals surface area (Å²) in [7, 11) is 0. The lowest BCUT2D eigenvalue weighted by molar-refractivity contribution is 0.332. The quantitative estimate of drug-likeness (QED) is 0.778. The third-order valence-corrected chi connectivity index (χ3v) is 5.14. The smallest absolute Gasteiger partial charge is 0.160 e. The Kier molecular flexibility index (Phi) is 4.26. The first-order chi connectivity index (χ1) is 11.8. The topological polar surface area (TPSA) is 37.8 Å². The van der Waals surface area contributed by atoms with E-state index in [9.17, 15) is 0 Å². The lowest BCUT2D eigenvalue weighted by Crippen LogP contribution is -2.32. The van der Waals surface area contributed by atoms with Crippen molar-refractivity contribution in [3.8, 4) is 11.4 Å². The second kappa shape index (κ2) is 6.70. The van der Waals surface area contributed by atoms with Gasteiger partial charge in [-0.1, -0.05) is 55.5 Å². The van der Waals surface area contributed by atoms with Crippen LogP contribution in [0.5, 0.6) is 0 Å². The Morgan fingerprint density at radius 2 is 1.79 bits per heavy atom. The van der Waals surface area contributed by atoms with Crippen molar-refractivity contribution in [2.24, 2.45) is 5.92 Å². The van der Waals surface area contributed by atoms with Crippen LogP contribution in [0.3, 0.4) is 0 Å². The molecule has 3 nitrogen and oxygen atoms in total. The summed E-state index contributed by atoms with van der Waals surface area (Å²) in [4.78, 5) is 9.81. The number of hydrogen-bond donors (Lipinski definition) is 1. The van der Waals surface area contributed by atoms with Crippen molar-refractivity contribution < 1.29 is 0 Å². The van der Waals surface area contributed by atoms with Gasteiger partial charge >= 0.3 is 0 Å². The molecule has 1 saturated heterocycles. The van der Waals surface area contributed by atoms with Gasteiger partial charge in [0.05, 0.1) is 11.2 Å². The molecule has 2 atom stereocenters. The summed E-state index contributed by atoms with van der Waals surface area (Å²) in [5, 5.41) is 4.73. The third-order valence-electron chi connectivity index (χ3n) is 5.14. The van der Waals surface area contributed by atoms with Crippen LogP contribution in [0.15, 0.2) is 54.6 Å². The second-order valence-electron chi connectivity index (χ2n) is 6.71. The van der Waals surface area contributed by atoms with Crippen LogP contribution in [0.4, 0.5) is 0 Å². The molecule has 1 fully saturated rings. The Balaban J connectivity index is 1.83. The van der Waals surface area contributed by atoms with Gasteiger partial charge in [0, 0.05) is 16.9 Å². The van der Waals surface area contributed by atoms with Crippen LogP contribution in [0.25, 0.3) is 22.3 Å². The molecule has 2 unspecified atom stereocenters. The second-order valence-corrected chi connectivity index (χ2v) is 6.71. The first-order valence-corrected chi connectivity index (χ1v) is 8.86. The maximum Gasteiger partial charge on any atom is 0.160 e. The fourth-order valence-corrected chi connectivity index (χ4v) is 3.69. The molecule has 3 heteroatoms. The van der Waals surface area contributed by atoms with Gasteiger partial charge in [-0.15, -0.1) is 0 Å². The zero-order chi connectivity index (χ0) is 16.4.